The van der Waals surface area contributed by atoms with Gasteiger partial charge in [0.25, 0.3) is 5.91 Å². The zero-order chi connectivity index (χ0) is 15.4. The van der Waals surface area contributed by atoms with Crippen LogP contribution in [0, 0.1) is 0 Å². The molecule has 2 aromatic rings. The molecule has 3 aliphatic rings. The van der Waals surface area contributed by atoms with E-state index in [4.69, 9.17) is 0 Å². The number of aromatic nitrogens is 1. The van der Waals surface area contributed by atoms with Gasteiger partial charge in [0.2, 0.25) is 0 Å². The fraction of sp³-hybridized carbons (Fsp3) is 0.444. The van der Waals surface area contributed by atoms with Crippen molar-refractivity contribution in [1.82, 2.24) is 14.8 Å². The smallest absolute Gasteiger partial charge is 0.264 e. The average Bonchev–Trinajstić information content (AvgIpc) is 3.01. The molecule has 4 heterocycles. The van der Waals surface area contributed by atoms with E-state index in [-0.39, 0.29) is 5.91 Å². The first-order valence-corrected chi connectivity index (χ1v) is 9.16. The molecule has 0 radical (unpaired) electrons. The Labute approximate surface area is 139 Å². The predicted octanol–water partition coefficient (Wildman–Crippen LogP) is 2.87. The molecular formula is C18H19N3OS. The van der Waals surface area contributed by atoms with Crippen LogP contribution < -0.4 is 0 Å². The van der Waals surface area contributed by atoms with Gasteiger partial charge in [0, 0.05) is 48.0 Å². The number of carbonyl (C=O) groups is 1. The highest BCUT2D eigenvalue weighted by atomic mass is 32.1. The van der Waals surface area contributed by atoms with Crippen molar-refractivity contribution in [3.05, 3.63) is 41.5 Å². The van der Waals surface area contributed by atoms with Gasteiger partial charge in [0.1, 0.15) is 0 Å². The van der Waals surface area contributed by atoms with Crippen molar-refractivity contribution in [3.8, 4) is 10.4 Å². The molecule has 1 amide bonds. The summed E-state index contributed by atoms with van der Waals surface area (Å²) < 4.78 is 0. The fourth-order valence-electron chi connectivity index (χ4n) is 4.49. The molecule has 118 valence electrons. The Bertz CT molecular complexity index is 755. The molecule has 2 aromatic heterocycles. The maximum atomic E-state index is 13.0. The number of pyridine rings is 1. The number of hydrogen-bond donors (Lipinski definition) is 0. The molecule has 3 fully saturated rings. The van der Waals surface area contributed by atoms with Gasteiger partial charge < -0.3 is 4.90 Å². The predicted molar refractivity (Wildman–Crippen MR) is 90.5 cm³/mol. The Morgan fingerprint density at radius 3 is 2.87 bits per heavy atom. The van der Waals surface area contributed by atoms with Gasteiger partial charge in [-0.3, -0.25) is 14.7 Å². The summed E-state index contributed by atoms with van der Waals surface area (Å²) in [6, 6.07) is 8.45. The topological polar surface area (TPSA) is 36.4 Å². The van der Waals surface area contributed by atoms with E-state index in [1.807, 2.05) is 30.5 Å². The third-order valence-corrected chi connectivity index (χ3v) is 7.05. The van der Waals surface area contributed by atoms with E-state index in [2.05, 4.69) is 14.8 Å². The van der Waals surface area contributed by atoms with Gasteiger partial charge in [0.15, 0.2) is 0 Å². The van der Waals surface area contributed by atoms with Gasteiger partial charge in [0.05, 0.1) is 10.9 Å². The zero-order valence-electron chi connectivity index (χ0n) is 12.9. The van der Waals surface area contributed by atoms with Gasteiger partial charge >= 0.3 is 0 Å². The minimum atomic E-state index is 0.223. The quantitative estimate of drug-likeness (QED) is 0.852. The number of carbonyl (C=O) groups excluding carboxylic acids is 1. The SMILES string of the molecule is O=C(c1ccc(-c2cccnc2)s1)N1CCN2CCC23CCC13. The highest BCUT2D eigenvalue weighted by Crippen LogP contribution is 2.51. The summed E-state index contributed by atoms with van der Waals surface area (Å²) in [5.41, 5.74) is 1.43. The highest BCUT2D eigenvalue weighted by molar-refractivity contribution is 7.17. The highest BCUT2D eigenvalue weighted by Gasteiger charge is 2.61. The molecule has 5 heteroatoms. The van der Waals surface area contributed by atoms with Crippen molar-refractivity contribution >= 4 is 17.2 Å². The Kier molecular flexibility index (Phi) is 2.91. The van der Waals surface area contributed by atoms with Crippen LogP contribution in [-0.2, 0) is 0 Å². The molecule has 1 aliphatic carbocycles. The summed E-state index contributed by atoms with van der Waals surface area (Å²) in [4.78, 5) is 23.9. The van der Waals surface area contributed by atoms with Crippen LogP contribution in [0.2, 0.25) is 0 Å². The lowest BCUT2D eigenvalue weighted by Gasteiger charge is -2.68. The second kappa shape index (κ2) is 4.89. The van der Waals surface area contributed by atoms with Crippen LogP contribution in [-0.4, -0.2) is 51.9 Å². The molecule has 4 nitrogen and oxygen atoms in total. The van der Waals surface area contributed by atoms with Crippen molar-refractivity contribution in [2.45, 2.75) is 30.8 Å². The molecule has 2 saturated heterocycles. The number of thiophene rings is 1. The second-order valence-corrected chi connectivity index (χ2v) is 7.88. The molecule has 2 atom stereocenters. The molecule has 23 heavy (non-hydrogen) atoms. The molecule has 1 saturated carbocycles. The first-order valence-electron chi connectivity index (χ1n) is 8.34. The fourth-order valence-corrected chi connectivity index (χ4v) is 5.44. The summed E-state index contributed by atoms with van der Waals surface area (Å²) in [6.07, 6.45) is 7.34. The van der Waals surface area contributed by atoms with Crippen molar-refractivity contribution in [2.75, 3.05) is 19.6 Å². The van der Waals surface area contributed by atoms with Crippen LogP contribution in [0.1, 0.15) is 28.9 Å². The molecule has 5 rings (SSSR count). The second-order valence-electron chi connectivity index (χ2n) is 6.80. The van der Waals surface area contributed by atoms with E-state index >= 15 is 0 Å². The normalized spacial score (nSPS) is 29.2. The van der Waals surface area contributed by atoms with E-state index < -0.39 is 0 Å². The van der Waals surface area contributed by atoms with Crippen LogP contribution in [0.15, 0.2) is 36.7 Å². The lowest BCUT2D eigenvalue weighted by molar-refractivity contribution is -0.161. The van der Waals surface area contributed by atoms with Gasteiger partial charge in [-0.15, -0.1) is 11.3 Å². The molecule has 2 aliphatic heterocycles. The summed E-state index contributed by atoms with van der Waals surface area (Å²) in [7, 11) is 0. The first kappa shape index (κ1) is 13.7. The van der Waals surface area contributed by atoms with E-state index in [0.29, 0.717) is 11.6 Å². The van der Waals surface area contributed by atoms with Gasteiger partial charge in [-0.25, -0.2) is 0 Å². The number of rotatable bonds is 2. The minimum Gasteiger partial charge on any atom is -0.332 e. The van der Waals surface area contributed by atoms with Crippen LogP contribution in [0.5, 0.6) is 0 Å². The van der Waals surface area contributed by atoms with Crippen molar-refractivity contribution in [1.29, 1.82) is 0 Å². The Hall–Kier alpha value is -1.72. The summed E-state index contributed by atoms with van der Waals surface area (Å²) in [5, 5.41) is 0. The average molecular weight is 325 g/mol. The van der Waals surface area contributed by atoms with Gasteiger partial charge in [-0.05, 0) is 37.5 Å². The summed E-state index contributed by atoms with van der Waals surface area (Å²) in [5.74, 6) is 0.223. The Morgan fingerprint density at radius 1 is 1.22 bits per heavy atom. The monoisotopic (exact) mass is 325 g/mol. The Morgan fingerprint density at radius 2 is 2.17 bits per heavy atom. The van der Waals surface area contributed by atoms with Crippen molar-refractivity contribution in [2.24, 2.45) is 0 Å². The van der Waals surface area contributed by atoms with Crippen LogP contribution in [0.25, 0.3) is 10.4 Å². The zero-order valence-corrected chi connectivity index (χ0v) is 13.8. The molecule has 2 unspecified atom stereocenters. The number of hydrogen-bond acceptors (Lipinski definition) is 4. The van der Waals surface area contributed by atoms with Crippen molar-refractivity contribution < 1.29 is 4.79 Å². The first-order chi connectivity index (χ1) is 11.3. The molecular weight excluding hydrogens is 306 g/mol. The summed E-state index contributed by atoms with van der Waals surface area (Å²) in [6.45, 7) is 3.15. The maximum absolute atomic E-state index is 13.0. The molecule has 0 aromatic carbocycles. The van der Waals surface area contributed by atoms with Crippen LogP contribution in [0.3, 0.4) is 0 Å². The summed E-state index contributed by atoms with van der Waals surface area (Å²) >= 11 is 1.59. The van der Waals surface area contributed by atoms with E-state index in [9.17, 15) is 4.79 Å². The lowest BCUT2D eigenvalue weighted by Crippen LogP contribution is -2.79. The molecule has 0 N–H and O–H groups in total. The molecule has 0 bridgehead atoms. The van der Waals surface area contributed by atoms with E-state index in [0.717, 1.165) is 28.4 Å². The van der Waals surface area contributed by atoms with Gasteiger partial charge in [-0.1, -0.05) is 6.07 Å². The number of amides is 1. The van der Waals surface area contributed by atoms with Crippen molar-refractivity contribution in [3.63, 3.8) is 0 Å². The molecule has 1 spiro atoms. The lowest BCUT2D eigenvalue weighted by atomic mass is 9.61. The minimum absolute atomic E-state index is 0.223. The third-order valence-electron chi connectivity index (χ3n) is 5.93. The number of piperazine rings is 1. The van der Waals surface area contributed by atoms with E-state index in [1.54, 1.807) is 17.5 Å². The van der Waals surface area contributed by atoms with Gasteiger partial charge in [-0.2, -0.15) is 0 Å². The van der Waals surface area contributed by atoms with E-state index in [1.165, 1.54) is 25.8 Å². The Balaban J connectivity index is 1.40. The number of nitrogens with zero attached hydrogens (tertiary/aromatic N) is 3. The third kappa shape index (κ3) is 1.86. The largest absolute Gasteiger partial charge is 0.332 e. The van der Waals surface area contributed by atoms with Crippen LogP contribution >= 0.6 is 11.3 Å². The maximum Gasteiger partial charge on any atom is 0.264 e. The van der Waals surface area contributed by atoms with Crippen LogP contribution in [0.4, 0.5) is 0 Å². The standard InChI is InChI=1S/C18H19N3OS/c22-17(15-4-3-14(23-15)13-2-1-8-19-12-13)21-11-10-20-9-7-18(20)6-5-16(18)21/h1-4,8,12,16H,5-7,9-11H2.